The lowest BCUT2D eigenvalue weighted by atomic mass is 10.1. The first-order valence-electron chi connectivity index (χ1n) is 4.88. The Morgan fingerprint density at radius 1 is 1.38 bits per heavy atom. The van der Waals surface area contributed by atoms with Crippen molar-refractivity contribution in [2.75, 3.05) is 5.75 Å². The number of carbonyl (C=O) groups is 1. The molecule has 1 saturated heterocycles. The molecular formula is C9H15NO2S. The van der Waals surface area contributed by atoms with Gasteiger partial charge in [0.1, 0.15) is 6.04 Å². The maximum atomic E-state index is 10.7. The highest BCUT2D eigenvalue weighted by Crippen LogP contribution is 2.35. The molecule has 0 amide bonds. The summed E-state index contributed by atoms with van der Waals surface area (Å²) in [7, 11) is 0. The Balaban J connectivity index is 1.86. The minimum absolute atomic E-state index is 0.310. The zero-order chi connectivity index (χ0) is 9.26. The summed E-state index contributed by atoms with van der Waals surface area (Å²) in [5.74, 6) is 0.749. The second-order valence-corrected chi connectivity index (χ2v) is 5.03. The molecule has 0 aromatic carbocycles. The van der Waals surface area contributed by atoms with Crippen molar-refractivity contribution in [3.8, 4) is 0 Å². The standard InChI is InChI=1S/C9H15NO2S/c11-9(12)7-5-13-8(10-7)6-3-1-2-4-6/h6-8,10H,1-5H2,(H,11,12)/t7-,8-/m0/s1. The van der Waals surface area contributed by atoms with Crippen molar-refractivity contribution in [1.29, 1.82) is 0 Å². The first-order chi connectivity index (χ1) is 6.27. The molecule has 1 heterocycles. The normalized spacial score (nSPS) is 35.4. The van der Waals surface area contributed by atoms with E-state index in [4.69, 9.17) is 5.11 Å². The smallest absolute Gasteiger partial charge is 0.321 e. The molecule has 13 heavy (non-hydrogen) atoms. The summed E-state index contributed by atoms with van der Waals surface area (Å²) < 4.78 is 0. The van der Waals surface area contributed by atoms with Crippen LogP contribution in [-0.2, 0) is 4.79 Å². The third-order valence-electron chi connectivity index (χ3n) is 2.93. The third-order valence-corrected chi connectivity index (χ3v) is 4.34. The number of carboxylic acids is 1. The summed E-state index contributed by atoms with van der Waals surface area (Å²) in [4.78, 5) is 10.7. The number of carboxylic acid groups (broad SMARTS) is 1. The average molecular weight is 201 g/mol. The van der Waals surface area contributed by atoms with Gasteiger partial charge in [-0.3, -0.25) is 10.1 Å². The molecule has 1 aliphatic heterocycles. The Hall–Kier alpha value is -0.220. The fraction of sp³-hybridized carbons (Fsp3) is 0.889. The van der Waals surface area contributed by atoms with E-state index in [0.29, 0.717) is 11.3 Å². The molecule has 4 heteroatoms. The molecule has 1 aliphatic carbocycles. The molecule has 2 rings (SSSR count). The summed E-state index contributed by atoms with van der Waals surface area (Å²) >= 11 is 1.78. The monoisotopic (exact) mass is 201 g/mol. The average Bonchev–Trinajstić information content (AvgIpc) is 2.75. The van der Waals surface area contributed by atoms with Gasteiger partial charge in [0, 0.05) is 5.75 Å². The van der Waals surface area contributed by atoms with E-state index >= 15 is 0 Å². The van der Waals surface area contributed by atoms with E-state index in [0.717, 1.165) is 5.75 Å². The van der Waals surface area contributed by atoms with Crippen LogP contribution in [0.3, 0.4) is 0 Å². The van der Waals surface area contributed by atoms with Crippen LogP contribution in [0, 0.1) is 5.92 Å². The van der Waals surface area contributed by atoms with E-state index in [-0.39, 0.29) is 6.04 Å². The lowest BCUT2D eigenvalue weighted by molar-refractivity contribution is -0.138. The van der Waals surface area contributed by atoms with E-state index in [2.05, 4.69) is 5.32 Å². The van der Waals surface area contributed by atoms with Gasteiger partial charge in [0.2, 0.25) is 0 Å². The molecule has 0 aromatic rings. The van der Waals surface area contributed by atoms with Crippen LogP contribution in [0.15, 0.2) is 0 Å². The minimum Gasteiger partial charge on any atom is -0.480 e. The molecule has 3 nitrogen and oxygen atoms in total. The van der Waals surface area contributed by atoms with Gasteiger partial charge >= 0.3 is 5.97 Å². The SMILES string of the molecule is O=C(O)[C@@H]1CS[C@@H](C2CCCC2)N1. The van der Waals surface area contributed by atoms with Gasteiger partial charge in [0.15, 0.2) is 0 Å². The summed E-state index contributed by atoms with van der Waals surface area (Å²) in [5.41, 5.74) is 0. The van der Waals surface area contributed by atoms with Crippen molar-refractivity contribution < 1.29 is 9.90 Å². The number of hydrogen-bond donors (Lipinski definition) is 2. The fourth-order valence-corrected chi connectivity index (χ4v) is 3.61. The summed E-state index contributed by atoms with van der Waals surface area (Å²) in [6.45, 7) is 0. The molecule has 0 radical (unpaired) electrons. The molecule has 0 aromatic heterocycles. The fourth-order valence-electron chi connectivity index (χ4n) is 2.17. The van der Waals surface area contributed by atoms with Gasteiger partial charge in [-0.05, 0) is 18.8 Å². The molecule has 1 saturated carbocycles. The van der Waals surface area contributed by atoms with Crippen LogP contribution in [0.5, 0.6) is 0 Å². The van der Waals surface area contributed by atoms with Crippen LogP contribution in [0.2, 0.25) is 0 Å². The Kier molecular flexibility index (Phi) is 2.79. The topological polar surface area (TPSA) is 49.3 Å². The Bertz CT molecular complexity index is 204. The second-order valence-electron chi connectivity index (χ2n) is 3.86. The van der Waals surface area contributed by atoms with E-state index < -0.39 is 5.97 Å². The summed E-state index contributed by atoms with van der Waals surface area (Å²) in [6, 6.07) is -0.310. The molecular weight excluding hydrogens is 186 g/mol. The molecule has 2 N–H and O–H groups in total. The Morgan fingerprint density at radius 3 is 2.62 bits per heavy atom. The van der Waals surface area contributed by atoms with E-state index in [1.807, 2.05) is 0 Å². The number of aliphatic carboxylic acids is 1. The number of rotatable bonds is 2. The van der Waals surface area contributed by atoms with Crippen molar-refractivity contribution in [1.82, 2.24) is 5.32 Å². The largest absolute Gasteiger partial charge is 0.480 e. The molecule has 0 spiro atoms. The van der Waals surface area contributed by atoms with E-state index in [1.54, 1.807) is 11.8 Å². The highest BCUT2D eigenvalue weighted by molar-refractivity contribution is 8.00. The first-order valence-corrected chi connectivity index (χ1v) is 5.92. The lowest BCUT2D eigenvalue weighted by Gasteiger charge is -2.17. The number of nitrogens with one attached hydrogen (secondary N) is 1. The Morgan fingerprint density at radius 2 is 2.08 bits per heavy atom. The second kappa shape index (κ2) is 3.88. The maximum absolute atomic E-state index is 10.7. The third kappa shape index (κ3) is 1.99. The first kappa shape index (κ1) is 9.34. The van der Waals surface area contributed by atoms with Gasteiger partial charge in [-0.15, -0.1) is 11.8 Å². The highest BCUT2D eigenvalue weighted by Gasteiger charge is 2.35. The maximum Gasteiger partial charge on any atom is 0.321 e. The molecule has 2 aliphatic rings. The van der Waals surface area contributed by atoms with Crippen molar-refractivity contribution in [3.63, 3.8) is 0 Å². The van der Waals surface area contributed by atoms with Crippen LogP contribution in [0.4, 0.5) is 0 Å². The summed E-state index contributed by atoms with van der Waals surface area (Å²) in [5, 5.41) is 12.4. The molecule has 2 atom stereocenters. The van der Waals surface area contributed by atoms with Gasteiger partial charge in [0.05, 0.1) is 5.37 Å². The molecule has 0 bridgehead atoms. The number of hydrogen-bond acceptors (Lipinski definition) is 3. The van der Waals surface area contributed by atoms with Crippen molar-refractivity contribution in [2.24, 2.45) is 5.92 Å². The Labute approximate surface area is 82.3 Å². The van der Waals surface area contributed by atoms with Crippen LogP contribution in [0.1, 0.15) is 25.7 Å². The predicted molar refractivity (Wildman–Crippen MR) is 52.8 cm³/mol. The van der Waals surface area contributed by atoms with E-state index in [1.165, 1.54) is 25.7 Å². The van der Waals surface area contributed by atoms with E-state index in [9.17, 15) is 4.79 Å². The predicted octanol–water partition coefficient (Wildman–Crippen LogP) is 1.29. The zero-order valence-electron chi connectivity index (χ0n) is 7.53. The van der Waals surface area contributed by atoms with Gasteiger partial charge in [0.25, 0.3) is 0 Å². The van der Waals surface area contributed by atoms with Crippen LogP contribution < -0.4 is 5.32 Å². The zero-order valence-corrected chi connectivity index (χ0v) is 8.35. The summed E-state index contributed by atoms with van der Waals surface area (Å²) in [6.07, 6.45) is 5.19. The van der Waals surface area contributed by atoms with Gasteiger partial charge < -0.3 is 5.11 Å². The minimum atomic E-state index is -0.701. The van der Waals surface area contributed by atoms with Crippen molar-refractivity contribution in [2.45, 2.75) is 37.1 Å². The molecule has 74 valence electrons. The van der Waals surface area contributed by atoms with Gasteiger partial charge in [-0.25, -0.2) is 0 Å². The number of thioether (sulfide) groups is 1. The molecule has 2 fully saturated rings. The van der Waals surface area contributed by atoms with Gasteiger partial charge in [-0.2, -0.15) is 0 Å². The quantitative estimate of drug-likeness (QED) is 0.707. The van der Waals surface area contributed by atoms with Gasteiger partial charge in [-0.1, -0.05) is 12.8 Å². The lowest BCUT2D eigenvalue weighted by Crippen LogP contribution is -2.38. The van der Waals surface area contributed by atoms with Crippen LogP contribution in [0.25, 0.3) is 0 Å². The van der Waals surface area contributed by atoms with Crippen molar-refractivity contribution in [3.05, 3.63) is 0 Å². The highest BCUT2D eigenvalue weighted by atomic mass is 32.2. The molecule has 0 unspecified atom stereocenters. The van der Waals surface area contributed by atoms with Crippen LogP contribution in [-0.4, -0.2) is 28.2 Å². The van der Waals surface area contributed by atoms with Crippen LogP contribution >= 0.6 is 11.8 Å². The van der Waals surface area contributed by atoms with Crippen molar-refractivity contribution >= 4 is 17.7 Å².